The number of allylic oxidation sites excluding steroid dienone is 1. The molecule has 0 fully saturated rings. The lowest BCUT2D eigenvalue weighted by atomic mass is 10.0. The summed E-state index contributed by atoms with van der Waals surface area (Å²) in [6.45, 7) is 3.77. The maximum atomic E-state index is 11.3. The highest BCUT2D eigenvalue weighted by atomic mass is 16.5. The number of benzene rings is 1. The Kier molecular flexibility index (Phi) is 5.15. The molecular weight excluding hydrogens is 244 g/mol. The fraction of sp³-hybridized carbons (Fsp3) is 0.231. The van der Waals surface area contributed by atoms with Crippen LogP contribution in [-0.4, -0.2) is 12.6 Å². The molecule has 96 valence electrons. The van der Waals surface area contributed by atoms with Crippen LogP contribution in [0.5, 0.6) is 0 Å². The first kappa shape index (κ1) is 14.3. The number of hydrogen-bond donors (Lipinski definition) is 0. The zero-order valence-corrected chi connectivity index (χ0v) is 10.6. The molecule has 6 heteroatoms. The highest BCUT2D eigenvalue weighted by molar-refractivity contribution is 5.91. The van der Waals surface area contributed by atoms with Crippen molar-refractivity contribution < 1.29 is 9.53 Å². The van der Waals surface area contributed by atoms with E-state index in [1.165, 1.54) is 12.1 Å². The largest absolute Gasteiger partial charge is 0.463 e. The van der Waals surface area contributed by atoms with Crippen molar-refractivity contribution in [3.63, 3.8) is 0 Å². The average Bonchev–Trinajstić information content (AvgIpc) is 2.39. The number of nitriles is 1. The van der Waals surface area contributed by atoms with Gasteiger partial charge in [0, 0.05) is 11.0 Å². The Balaban J connectivity index is 3.13. The number of esters is 1. The number of carbonyl (C=O) groups excluding carboxylic acids is 1. The first-order valence-electron chi connectivity index (χ1n) is 5.57. The Morgan fingerprint density at radius 3 is 2.95 bits per heavy atom. The molecule has 6 nitrogen and oxygen atoms in total. The molecule has 0 bridgehead atoms. The molecule has 0 heterocycles. The van der Waals surface area contributed by atoms with Crippen molar-refractivity contribution in [1.82, 2.24) is 0 Å². The van der Waals surface area contributed by atoms with Crippen molar-refractivity contribution in [3.05, 3.63) is 45.8 Å². The normalized spacial score (nSPS) is 10.3. The van der Waals surface area contributed by atoms with Crippen LogP contribution in [0.25, 0.3) is 16.0 Å². The van der Waals surface area contributed by atoms with Gasteiger partial charge in [0.2, 0.25) is 0 Å². The molecule has 1 aromatic carbocycles. The predicted octanol–water partition coefficient (Wildman–Crippen LogP) is 3.47. The van der Waals surface area contributed by atoms with Crippen LogP contribution in [0.15, 0.2) is 29.4 Å². The van der Waals surface area contributed by atoms with Crippen molar-refractivity contribution in [2.45, 2.75) is 13.8 Å². The summed E-state index contributed by atoms with van der Waals surface area (Å²) in [5.74, 6) is -0.433. The zero-order chi connectivity index (χ0) is 14.3. The molecule has 19 heavy (non-hydrogen) atoms. The molecular formula is C13H12N4O2. The fourth-order valence-corrected chi connectivity index (χ4v) is 1.45. The zero-order valence-electron chi connectivity index (χ0n) is 10.6. The minimum Gasteiger partial charge on any atom is -0.463 e. The molecule has 0 saturated carbocycles. The topological polar surface area (TPSA) is 98.8 Å². The average molecular weight is 256 g/mol. The van der Waals surface area contributed by atoms with Gasteiger partial charge in [-0.25, -0.2) is 4.79 Å². The summed E-state index contributed by atoms with van der Waals surface area (Å²) in [5, 5.41) is 12.4. The van der Waals surface area contributed by atoms with Crippen LogP contribution in [0.1, 0.15) is 25.0 Å². The Morgan fingerprint density at radius 2 is 2.37 bits per heavy atom. The minimum absolute atomic E-state index is 0.256. The lowest BCUT2D eigenvalue weighted by molar-refractivity contribution is -0.137. The van der Waals surface area contributed by atoms with E-state index >= 15 is 0 Å². The van der Waals surface area contributed by atoms with Crippen LogP contribution < -0.4 is 0 Å². The Hall–Kier alpha value is -2.77. The van der Waals surface area contributed by atoms with E-state index in [1.807, 2.05) is 6.07 Å². The van der Waals surface area contributed by atoms with Gasteiger partial charge in [0.05, 0.1) is 23.9 Å². The lowest BCUT2D eigenvalue weighted by Gasteiger charge is -2.04. The standard InChI is InChI=1S/C13H12N4O2/c1-3-19-13(18)6-9(2)10-4-5-12(16-17-15)11(7-10)8-14/h4-7H,3H2,1-2H3/b9-6+. The first-order chi connectivity index (χ1) is 9.12. The van der Waals surface area contributed by atoms with E-state index < -0.39 is 5.97 Å². The predicted molar refractivity (Wildman–Crippen MR) is 70.2 cm³/mol. The van der Waals surface area contributed by atoms with Gasteiger partial charge in [0.1, 0.15) is 0 Å². The fourth-order valence-electron chi connectivity index (χ4n) is 1.45. The molecule has 0 N–H and O–H groups in total. The molecule has 0 spiro atoms. The SMILES string of the molecule is CCOC(=O)/C=C(\C)c1ccc(N=[N+]=[N-])c(C#N)c1. The summed E-state index contributed by atoms with van der Waals surface area (Å²) < 4.78 is 4.81. The van der Waals surface area contributed by atoms with E-state index in [-0.39, 0.29) is 11.3 Å². The van der Waals surface area contributed by atoms with Gasteiger partial charge in [-0.15, -0.1) is 0 Å². The van der Waals surface area contributed by atoms with Crippen LogP contribution >= 0.6 is 0 Å². The third kappa shape index (κ3) is 3.87. The molecule has 0 radical (unpaired) electrons. The molecule has 0 amide bonds. The van der Waals surface area contributed by atoms with Gasteiger partial charge in [0.15, 0.2) is 0 Å². The first-order valence-corrected chi connectivity index (χ1v) is 5.57. The van der Waals surface area contributed by atoms with Gasteiger partial charge in [-0.1, -0.05) is 17.2 Å². The Bertz CT molecular complexity index is 608. The summed E-state index contributed by atoms with van der Waals surface area (Å²) in [7, 11) is 0. The second-order valence-corrected chi connectivity index (χ2v) is 3.61. The molecule has 1 rings (SSSR count). The maximum Gasteiger partial charge on any atom is 0.331 e. The molecule has 0 unspecified atom stereocenters. The molecule has 0 atom stereocenters. The highest BCUT2D eigenvalue weighted by Crippen LogP contribution is 2.24. The van der Waals surface area contributed by atoms with Crippen molar-refractivity contribution in [2.75, 3.05) is 6.61 Å². The van der Waals surface area contributed by atoms with Crippen LogP contribution in [0.4, 0.5) is 5.69 Å². The van der Waals surface area contributed by atoms with Crippen molar-refractivity contribution in [1.29, 1.82) is 5.26 Å². The molecule has 0 aliphatic carbocycles. The number of carbonyl (C=O) groups is 1. The van der Waals surface area contributed by atoms with E-state index in [0.717, 1.165) is 0 Å². The monoisotopic (exact) mass is 256 g/mol. The minimum atomic E-state index is -0.433. The second-order valence-electron chi connectivity index (χ2n) is 3.61. The van der Waals surface area contributed by atoms with Crippen molar-refractivity contribution in [2.24, 2.45) is 5.11 Å². The Labute approximate surface area is 110 Å². The van der Waals surface area contributed by atoms with E-state index in [9.17, 15) is 4.79 Å². The van der Waals surface area contributed by atoms with Crippen LogP contribution in [0.3, 0.4) is 0 Å². The van der Waals surface area contributed by atoms with Gasteiger partial charge in [-0.2, -0.15) is 5.26 Å². The van der Waals surface area contributed by atoms with Gasteiger partial charge >= 0.3 is 5.97 Å². The molecule has 0 saturated heterocycles. The van der Waals surface area contributed by atoms with Gasteiger partial charge in [0.25, 0.3) is 0 Å². The van der Waals surface area contributed by atoms with E-state index in [4.69, 9.17) is 15.5 Å². The van der Waals surface area contributed by atoms with Crippen LogP contribution in [0, 0.1) is 11.3 Å². The molecule has 0 aliphatic heterocycles. The van der Waals surface area contributed by atoms with E-state index in [2.05, 4.69) is 10.0 Å². The lowest BCUT2D eigenvalue weighted by Crippen LogP contribution is -2.00. The van der Waals surface area contributed by atoms with E-state index in [0.29, 0.717) is 17.7 Å². The molecule has 1 aromatic rings. The van der Waals surface area contributed by atoms with Crippen LogP contribution in [0.2, 0.25) is 0 Å². The van der Waals surface area contributed by atoms with E-state index in [1.54, 1.807) is 26.0 Å². The summed E-state index contributed by atoms with van der Waals surface area (Å²) in [5.41, 5.74) is 10.3. The summed E-state index contributed by atoms with van der Waals surface area (Å²) in [6, 6.07) is 6.72. The van der Waals surface area contributed by atoms with Gasteiger partial charge in [-0.3, -0.25) is 0 Å². The van der Waals surface area contributed by atoms with Gasteiger partial charge in [-0.05, 0) is 36.6 Å². The smallest absolute Gasteiger partial charge is 0.331 e. The number of hydrogen-bond acceptors (Lipinski definition) is 4. The number of nitrogens with zero attached hydrogens (tertiary/aromatic N) is 4. The second kappa shape index (κ2) is 6.84. The third-order valence-electron chi connectivity index (χ3n) is 2.35. The quantitative estimate of drug-likeness (QED) is 0.271. The highest BCUT2D eigenvalue weighted by Gasteiger charge is 2.05. The number of rotatable bonds is 4. The van der Waals surface area contributed by atoms with Gasteiger partial charge < -0.3 is 4.74 Å². The van der Waals surface area contributed by atoms with Crippen molar-refractivity contribution >= 4 is 17.2 Å². The third-order valence-corrected chi connectivity index (χ3v) is 2.35. The maximum absolute atomic E-state index is 11.3. The number of azide groups is 1. The molecule has 0 aliphatic rings. The number of ether oxygens (including phenoxy) is 1. The summed E-state index contributed by atoms with van der Waals surface area (Å²) >= 11 is 0. The van der Waals surface area contributed by atoms with Crippen molar-refractivity contribution in [3.8, 4) is 6.07 Å². The Morgan fingerprint density at radius 1 is 1.63 bits per heavy atom. The van der Waals surface area contributed by atoms with Crippen LogP contribution in [-0.2, 0) is 9.53 Å². The molecule has 0 aromatic heterocycles. The summed E-state index contributed by atoms with van der Waals surface area (Å²) in [4.78, 5) is 14.0. The summed E-state index contributed by atoms with van der Waals surface area (Å²) in [6.07, 6.45) is 1.35.